The number of rotatable bonds is 6. The van der Waals surface area contributed by atoms with Crippen molar-refractivity contribution in [2.24, 2.45) is 0 Å². The Hall–Kier alpha value is -2.92. The number of hydrogen-bond donors (Lipinski definition) is 2. The van der Waals surface area contributed by atoms with E-state index in [2.05, 4.69) is 32.6 Å². The van der Waals surface area contributed by atoms with Gasteiger partial charge in [0.1, 0.15) is 12.4 Å². The molecule has 166 valence electrons. The Morgan fingerprint density at radius 3 is 2.85 bits per heavy atom. The van der Waals surface area contributed by atoms with Crippen molar-refractivity contribution in [2.45, 2.75) is 19.0 Å². The number of amides is 1. The normalized spacial score (nSPS) is 16.4. The number of nitriles is 1. The van der Waals surface area contributed by atoms with Crippen LogP contribution in [0.5, 0.6) is 5.75 Å². The predicted molar refractivity (Wildman–Crippen MR) is 137 cm³/mol. The van der Waals surface area contributed by atoms with Gasteiger partial charge in [0.2, 0.25) is 0 Å². The number of nitrogens with one attached hydrogen (secondary N) is 2. The van der Waals surface area contributed by atoms with E-state index in [0.29, 0.717) is 21.2 Å². The van der Waals surface area contributed by atoms with Crippen molar-refractivity contribution in [1.29, 1.82) is 5.26 Å². The second-order valence-corrected chi connectivity index (χ2v) is 9.77. The third-order valence-electron chi connectivity index (χ3n) is 4.99. The number of halogens is 2. The predicted octanol–water partition coefficient (Wildman–Crippen LogP) is 6.46. The van der Waals surface area contributed by atoms with Gasteiger partial charge in [-0.3, -0.25) is 4.79 Å². The van der Waals surface area contributed by atoms with Gasteiger partial charge in [0.05, 0.1) is 21.0 Å². The molecule has 1 fully saturated rings. The largest absolute Gasteiger partial charge is 0.488 e. The Labute approximate surface area is 209 Å². The average molecular weight is 541 g/mol. The molecule has 0 aliphatic carbocycles. The van der Waals surface area contributed by atoms with Crippen LogP contribution in [0.4, 0.5) is 5.69 Å². The number of hydrogen-bond acceptors (Lipinski definition) is 5. The molecule has 0 bridgehead atoms. The van der Waals surface area contributed by atoms with E-state index in [1.807, 2.05) is 67.6 Å². The highest BCUT2D eigenvalue weighted by Crippen LogP contribution is 2.33. The van der Waals surface area contributed by atoms with Crippen LogP contribution in [0.15, 0.2) is 70.0 Å². The molecule has 1 aliphatic rings. The molecule has 1 unspecified atom stereocenters. The average Bonchev–Trinajstić information content (AvgIpc) is 3.14. The van der Waals surface area contributed by atoms with E-state index < -0.39 is 0 Å². The molecular formula is C25H19BrClN3O2S. The van der Waals surface area contributed by atoms with Gasteiger partial charge in [-0.05, 0) is 70.4 Å². The Morgan fingerprint density at radius 1 is 1.24 bits per heavy atom. The number of carbonyl (C=O) groups excluding carboxylic acids is 1. The van der Waals surface area contributed by atoms with Crippen molar-refractivity contribution in [3.05, 3.63) is 97.3 Å². The smallest absolute Gasteiger partial charge is 0.260 e. The first kappa shape index (κ1) is 23.2. The van der Waals surface area contributed by atoms with Gasteiger partial charge in [-0.2, -0.15) is 5.26 Å². The van der Waals surface area contributed by atoms with E-state index in [4.69, 9.17) is 16.3 Å². The summed E-state index contributed by atoms with van der Waals surface area (Å²) < 4.78 is 6.65. The van der Waals surface area contributed by atoms with Gasteiger partial charge in [-0.1, -0.05) is 53.7 Å². The summed E-state index contributed by atoms with van der Waals surface area (Å²) in [5, 5.41) is 16.1. The summed E-state index contributed by atoms with van der Waals surface area (Å²) in [5.41, 5.74) is 3.92. The quantitative estimate of drug-likeness (QED) is 0.351. The van der Waals surface area contributed by atoms with E-state index in [0.717, 1.165) is 26.9 Å². The van der Waals surface area contributed by atoms with Gasteiger partial charge in [-0.15, -0.1) is 0 Å². The van der Waals surface area contributed by atoms with Crippen molar-refractivity contribution in [2.75, 3.05) is 5.32 Å². The maximum atomic E-state index is 12.5. The fourth-order valence-corrected chi connectivity index (χ4v) is 4.90. The third-order valence-corrected chi connectivity index (χ3v) is 6.88. The number of nitrogens with zero attached hydrogens (tertiary/aromatic N) is 1. The zero-order valence-electron chi connectivity index (χ0n) is 17.6. The van der Waals surface area contributed by atoms with E-state index in [1.165, 1.54) is 11.8 Å². The van der Waals surface area contributed by atoms with Crippen LogP contribution in [0.2, 0.25) is 5.02 Å². The molecule has 3 aromatic rings. The minimum Gasteiger partial charge on any atom is -0.488 e. The SMILES string of the molecule is Cc1ccc(Cl)cc1NC1NC(=O)/C(=C/c2ccc(OCc3ccccc3C#N)c(Br)c2)S1. The van der Waals surface area contributed by atoms with Crippen molar-refractivity contribution < 1.29 is 9.53 Å². The van der Waals surface area contributed by atoms with Crippen LogP contribution in [0.3, 0.4) is 0 Å². The van der Waals surface area contributed by atoms with Gasteiger partial charge >= 0.3 is 0 Å². The highest BCUT2D eigenvalue weighted by molar-refractivity contribution is 9.10. The summed E-state index contributed by atoms with van der Waals surface area (Å²) in [7, 11) is 0. The molecule has 33 heavy (non-hydrogen) atoms. The molecule has 8 heteroatoms. The van der Waals surface area contributed by atoms with E-state index in [-0.39, 0.29) is 18.0 Å². The molecule has 0 aromatic heterocycles. The lowest BCUT2D eigenvalue weighted by Crippen LogP contribution is -2.31. The summed E-state index contributed by atoms with van der Waals surface area (Å²) >= 11 is 11.0. The number of carbonyl (C=O) groups is 1. The van der Waals surface area contributed by atoms with Crippen LogP contribution >= 0.6 is 39.3 Å². The number of thioether (sulfide) groups is 1. The molecule has 1 amide bonds. The number of ether oxygens (including phenoxy) is 1. The molecule has 1 heterocycles. The van der Waals surface area contributed by atoms with E-state index >= 15 is 0 Å². The maximum absolute atomic E-state index is 12.5. The molecule has 1 saturated heterocycles. The molecule has 0 spiro atoms. The van der Waals surface area contributed by atoms with Crippen molar-refractivity contribution in [3.63, 3.8) is 0 Å². The van der Waals surface area contributed by atoms with Crippen LogP contribution in [0.25, 0.3) is 6.08 Å². The minimum atomic E-state index is -0.285. The lowest BCUT2D eigenvalue weighted by atomic mass is 10.1. The molecule has 2 N–H and O–H groups in total. The number of aryl methyl sites for hydroxylation is 1. The second kappa shape index (κ2) is 10.3. The first-order chi connectivity index (χ1) is 15.9. The highest BCUT2D eigenvalue weighted by Gasteiger charge is 2.27. The summed E-state index contributed by atoms with van der Waals surface area (Å²) in [5.74, 6) is 0.520. The van der Waals surface area contributed by atoms with Crippen LogP contribution in [-0.4, -0.2) is 11.4 Å². The molecule has 5 nitrogen and oxygen atoms in total. The molecule has 0 radical (unpaired) electrons. The number of anilines is 1. The van der Waals surface area contributed by atoms with Gasteiger partial charge in [-0.25, -0.2) is 0 Å². The van der Waals surface area contributed by atoms with Crippen molar-refractivity contribution in [3.8, 4) is 11.8 Å². The summed E-state index contributed by atoms with van der Waals surface area (Å²) in [4.78, 5) is 13.1. The molecule has 0 saturated carbocycles. The van der Waals surface area contributed by atoms with Crippen LogP contribution in [0.1, 0.15) is 22.3 Å². The maximum Gasteiger partial charge on any atom is 0.260 e. The Bertz CT molecular complexity index is 1290. The Kier molecular flexibility index (Phi) is 7.29. The molecular weight excluding hydrogens is 522 g/mol. The first-order valence-corrected chi connectivity index (χ1v) is 12.1. The summed E-state index contributed by atoms with van der Waals surface area (Å²) in [6.07, 6.45) is 1.84. The molecule has 1 atom stereocenters. The van der Waals surface area contributed by atoms with Gasteiger partial charge in [0.15, 0.2) is 5.50 Å². The Morgan fingerprint density at radius 2 is 2.06 bits per heavy atom. The van der Waals surface area contributed by atoms with Crippen molar-refractivity contribution >= 4 is 57.0 Å². The van der Waals surface area contributed by atoms with Gasteiger partial charge in [0, 0.05) is 16.3 Å². The van der Waals surface area contributed by atoms with Crippen LogP contribution < -0.4 is 15.4 Å². The monoisotopic (exact) mass is 539 g/mol. The van der Waals surface area contributed by atoms with Gasteiger partial charge in [0.25, 0.3) is 5.91 Å². The zero-order valence-corrected chi connectivity index (χ0v) is 20.7. The highest BCUT2D eigenvalue weighted by atomic mass is 79.9. The summed E-state index contributed by atoms with van der Waals surface area (Å²) in [6.45, 7) is 2.27. The topological polar surface area (TPSA) is 74.2 Å². The molecule has 3 aromatic carbocycles. The van der Waals surface area contributed by atoms with E-state index in [1.54, 1.807) is 6.07 Å². The number of benzene rings is 3. The Balaban J connectivity index is 1.43. The molecule has 4 rings (SSSR count). The molecule has 1 aliphatic heterocycles. The van der Waals surface area contributed by atoms with Crippen molar-refractivity contribution in [1.82, 2.24) is 5.32 Å². The minimum absolute atomic E-state index is 0.137. The third kappa shape index (κ3) is 5.72. The van der Waals surface area contributed by atoms with Crippen LogP contribution in [0, 0.1) is 18.3 Å². The van der Waals surface area contributed by atoms with E-state index in [9.17, 15) is 10.1 Å². The first-order valence-electron chi connectivity index (χ1n) is 10.0. The fourth-order valence-electron chi connectivity index (χ4n) is 3.24. The van der Waals surface area contributed by atoms with Gasteiger partial charge < -0.3 is 15.4 Å². The summed E-state index contributed by atoms with van der Waals surface area (Å²) in [6, 6.07) is 20.8. The van der Waals surface area contributed by atoms with Crippen LogP contribution in [-0.2, 0) is 11.4 Å². The second-order valence-electron chi connectivity index (χ2n) is 7.33. The lowest BCUT2D eigenvalue weighted by molar-refractivity contribution is -0.116. The zero-order chi connectivity index (χ0) is 23.4. The standard InChI is InChI=1S/C25H19BrClN3O2S/c1-15-6-8-19(27)12-21(15)29-25-30-24(31)23(33-25)11-16-7-9-22(20(26)10-16)32-14-18-5-3-2-4-17(18)13-28/h2-12,25,29H,14H2,1H3,(H,30,31)/b23-11-. The lowest BCUT2D eigenvalue weighted by Gasteiger charge is -2.15. The fraction of sp³-hybridized carbons (Fsp3) is 0.120.